The fourth-order valence-electron chi connectivity index (χ4n) is 2.81. The Morgan fingerprint density at radius 2 is 1.89 bits per heavy atom. The van der Waals surface area contributed by atoms with Crippen molar-refractivity contribution < 1.29 is 14.0 Å². The van der Waals surface area contributed by atoms with Gasteiger partial charge in [-0.3, -0.25) is 9.59 Å². The number of para-hydroxylation sites is 1. The normalized spacial score (nSPS) is 10.8. The summed E-state index contributed by atoms with van der Waals surface area (Å²) in [5.74, 6) is 0.258. The van der Waals surface area contributed by atoms with Gasteiger partial charge in [0, 0.05) is 42.2 Å². The molecule has 0 aliphatic heterocycles. The summed E-state index contributed by atoms with van der Waals surface area (Å²) in [6, 6.07) is 9.29. The van der Waals surface area contributed by atoms with Gasteiger partial charge in [-0.25, -0.2) is 9.97 Å². The molecular weight excluding hydrogens is 376 g/mol. The zero-order valence-electron chi connectivity index (χ0n) is 15.8. The molecule has 0 atom stereocenters. The van der Waals surface area contributed by atoms with Crippen LogP contribution in [-0.2, 0) is 10.5 Å². The largest absolute Gasteiger partial charge is 0.451 e. The van der Waals surface area contributed by atoms with Crippen LogP contribution in [0, 0.1) is 0 Å². The smallest absolute Gasteiger partial charge is 0.290 e. The molecule has 0 radical (unpaired) electrons. The van der Waals surface area contributed by atoms with Crippen LogP contribution in [0.2, 0.25) is 0 Å². The van der Waals surface area contributed by atoms with E-state index in [2.05, 4.69) is 15.3 Å². The molecule has 0 saturated carbocycles. The second-order valence-corrected chi connectivity index (χ2v) is 6.94. The summed E-state index contributed by atoms with van der Waals surface area (Å²) < 4.78 is 5.90. The Labute approximate surface area is 167 Å². The van der Waals surface area contributed by atoms with Gasteiger partial charge in [-0.15, -0.1) is 0 Å². The van der Waals surface area contributed by atoms with Crippen LogP contribution in [0.3, 0.4) is 0 Å². The molecule has 0 saturated heterocycles. The molecule has 2 heterocycles. The highest BCUT2D eigenvalue weighted by Gasteiger charge is 2.26. The zero-order valence-corrected chi connectivity index (χ0v) is 16.7. The highest BCUT2D eigenvalue weighted by Crippen LogP contribution is 2.31. The van der Waals surface area contributed by atoms with Gasteiger partial charge in [0.25, 0.3) is 5.91 Å². The summed E-state index contributed by atoms with van der Waals surface area (Å²) in [4.78, 5) is 35.0. The highest BCUT2D eigenvalue weighted by atomic mass is 32.2. The second-order valence-electron chi connectivity index (χ2n) is 6.00. The molecule has 2 amide bonds. The van der Waals surface area contributed by atoms with Gasteiger partial charge in [0.1, 0.15) is 5.58 Å². The first kappa shape index (κ1) is 19.9. The lowest BCUT2D eigenvalue weighted by molar-refractivity contribution is -0.121. The molecule has 0 spiro atoms. The van der Waals surface area contributed by atoms with E-state index in [1.54, 1.807) is 18.5 Å². The summed E-state index contributed by atoms with van der Waals surface area (Å²) in [6.07, 6.45) is 3.36. The van der Waals surface area contributed by atoms with E-state index in [1.165, 1.54) is 16.7 Å². The lowest BCUT2D eigenvalue weighted by Gasteiger charge is -2.19. The molecule has 0 bridgehead atoms. The number of carbonyl (C=O) groups excluding carboxylic acids is 2. The Bertz CT molecular complexity index is 958. The van der Waals surface area contributed by atoms with Crippen LogP contribution >= 0.6 is 11.8 Å². The Hall–Kier alpha value is -2.87. The molecule has 0 aliphatic carbocycles. The third-order valence-corrected chi connectivity index (χ3v) is 5.06. The maximum absolute atomic E-state index is 13.1. The number of nitrogens with zero attached hydrogens (tertiary/aromatic N) is 3. The molecule has 0 fully saturated rings. The molecule has 146 valence electrons. The Morgan fingerprint density at radius 3 is 2.61 bits per heavy atom. The number of hydrogen-bond donors (Lipinski definition) is 1. The summed E-state index contributed by atoms with van der Waals surface area (Å²) in [7, 11) is 0. The average molecular weight is 398 g/mol. The fraction of sp³-hybridized carbons (Fsp3) is 0.300. The molecule has 3 rings (SSSR count). The van der Waals surface area contributed by atoms with E-state index >= 15 is 0 Å². The van der Waals surface area contributed by atoms with Gasteiger partial charge in [0.15, 0.2) is 10.9 Å². The van der Waals surface area contributed by atoms with Crippen molar-refractivity contribution in [3.63, 3.8) is 0 Å². The molecule has 1 N–H and O–H groups in total. The van der Waals surface area contributed by atoms with Gasteiger partial charge >= 0.3 is 0 Å². The van der Waals surface area contributed by atoms with Crippen LogP contribution in [0.15, 0.2) is 52.3 Å². The average Bonchev–Trinajstić information content (AvgIpc) is 3.09. The number of carbonyl (C=O) groups is 2. The van der Waals surface area contributed by atoms with Gasteiger partial charge in [-0.1, -0.05) is 30.0 Å². The number of benzene rings is 1. The van der Waals surface area contributed by atoms with Crippen molar-refractivity contribution in [1.29, 1.82) is 0 Å². The number of furan rings is 1. The SMILES string of the molecule is CCNC(=O)CN(CC)C(=O)c1oc2ccccc2c1CSc1ncccn1. The number of amides is 2. The van der Waals surface area contributed by atoms with E-state index < -0.39 is 0 Å². The van der Waals surface area contributed by atoms with Crippen LogP contribution in [-0.4, -0.2) is 46.3 Å². The maximum atomic E-state index is 13.1. The van der Waals surface area contributed by atoms with Gasteiger partial charge in [-0.2, -0.15) is 0 Å². The van der Waals surface area contributed by atoms with Crippen molar-refractivity contribution in [3.05, 3.63) is 54.0 Å². The number of fused-ring (bicyclic) bond motifs is 1. The van der Waals surface area contributed by atoms with E-state index in [4.69, 9.17) is 4.42 Å². The number of hydrogen-bond acceptors (Lipinski definition) is 6. The molecule has 3 aromatic rings. The lowest BCUT2D eigenvalue weighted by atomic mass is 10.1. The second kappa shape index (κ2) is 9.36. The van der Waals surface area contributed by atoms with Gasteiger partial charge in [0.2, 0.25) is 5.91 Å². The monoisotopic (exact) mass is 398 g/mol. The van der Waals surface area contributed by atoms with Crippen molar-refractivity contribution in [2.45, 2.75) is 24.8 Å². The van der Waals surface area contributed by atoms with Crippen LogP contribution in [0.5, 0.6) is 0 Å². The van der Waals surface area contributed by atoms with E-state index in [-0.39, 0.29) is 24.1 Å². The summed E-state index contributed by atoms with van der Waals surface area (Å²) in [6.45, 7) is 4.60. The van der Waals surface area contributed by atoms with E-state index in [9.17, 15) is 9.59 Å². The molecular formula is C20H22N4O3S. The minimum atomic E-state index is -0.297. The van der Waals surface area contributed by atoms with Crippen molar-refractivity contribution in [2.75, 3.05) is 19.6 Å². The minimum Gasteiger partial charge on any atom is -0.451 e. The summed E-state index contributed by atoms with van der Waals surface area (Å²) in [5, 5.41) is 4.22. The number of thioether (sulfide) groups is 1. The molecule has 2 aromatic heterocycles. The van der Waals surface area contributed by atoms with E-state index in [0.717, 1.165) is 10.9 Å². The van der Waals surface area contributed by atoms with Crippen molar-refractivity contribution in [2.24, 2.45) is 0 Å². The lowest BCUT2D eigenvalue weighted by Crippen LogP contribution is -2.40. The van der Waals surface area contributed by atoms with Crippen LogP contribution in [0.1, 0.15) is 30.0 Å². The molecule has 1 aromatic carbocycles. The van der Waals surface area contributed by atoms with Gasteiger partial charge in [0.05, 0.1) is 6.54 Å². The number of nitrogens with one attached hydrogen (secondary N) is 1. The number of aromatic nitrogens is 2. The molecule has 8 heteroatoms. The predicted octanol–water partition coefficient (Wildman–Crippen LogP) is 3.11. The van der Waals surface area contributed by atoms with Crippen LogP contribution in [0.25, 0.3) is 11.0 Å². The Morgan fingerprint density at radius 1 is 1.14 bits per heavy atom. The molecule has 7 nitrogen and oxygen atoms in total. The summed E-state index contributed by atoms with van der Waals surface area (Å²) in [5.41, 5.74) is 1.43. The topological polar surface area (TPSA) is 88.3 Å². The fourth-order valence-corrected chi connectivity index (χ4v) is 3.64. The van der Waals surface area contributed by atoms with Crippen LogP contribution < -0.4 is 5.32 Å². The standard InChI is InChI=1S/C20H22N4O3S/c1-3-21-17(25)12-24(4-2)19(26)18-15(13-28-20-22-10-7-11-23-20)14-8-5-6-9-16(14)27-18/h5-11H,3-4,12-13H2,1-2H3,(H,21,25). The zero-order chi connectivity index (χ0) is 19.9. The summed E-state index contributed by atoms with van der Waals surface area (Å²) >= 11 is 1.43. The van der Waals surface area contributed by atoms with Crippen molar-refractivity contribution in [3.8, 4) is 0 Å². The van der Waals surface area contributed by atoms with E-state index in [0.29, 0.717) is 29.6 Å². The van der Waals surface area contributed by atoms with Crippen molar-refractivity contribution >= 4 is 34.5 Å². The first-order valence-corrected chi connectivity index (χ1v) is 10.1. The molecule has 0 aliphatic rings. The molecule has 28 heavy (non-hydrogen) atoms. The van der Waals surface area contributed by atoms with E-state index in [1.807, 2.05) is 38.1 Å². The minimum absolute atomic E-state index is 0.00536. The maximum Gasteiger partial charge on any atom is 0.290 e. The highest BCUT2D eigenvalue weighted by molar-refractivity contribution is 7.98. The Balaban J connectivity index is 1.90. The quantitative estimate of drug-likeness (QED) is 0.463. The van der Waals surface area contributed by atoms with Gasteiger partial charge < -0.3 is 14.6 Å². The Kier molecular flexibility index (Phi) is 6.65. The number of likely N-dealkylation sites (N-methyl/N-ethyl adjacent to an activating group) is 2. The van der Waals surface area contributed by atoms with Gasteiger partial charge in [-0.05, 0) is 26.0 Å². The third kappa shape index (κ3) is 4.51. The first-order chi connectivity index (χ1) is 13.6. The molecule has 0 unspecified atom stereocenters. The van der Waals surface area contributed by atoms with Crippen molar-refractivity contribution in [1.82, 2.24) is 20.2 Å². The third-order valence-electron chi connectivity index (χ3n) is 4.16. The van der Waals surface area contributed by atoms with Crippen LogP contribution in [0.4, 0.5) is 0 Å². The predicted molar refractivity (Wildman–Crippen MR) is 108 cm³/mol. The number of rotatable bonds is 8. The first-order valence-electron chi connectivity index (χ1n) is 9.10.